The van der Waals surface area contributed by atoms with E-state index in [-0.39, 0.29) is 22.3 Å². The lowest BCUT2D eigenvalue weighted by molar-refractivity contribution is -0.384. The number of para-hydroxylation sites is 1. The first-order chi connectivity index (χ1) is 19.2. The number of non-ortho nitro benzene ring substituents is 1. The molecule has 1 saturated heterocycles. The van der Waals surface area contributed by atoms with Crippen LogP contribution in [0.1, 0.15) is 22.6 Å². The lowest BCUT2D eigenvalue weighted by Crippen LogP contribution is -2.71. The van der Waals surface area contributed by atoms with Crippen molar-refractivity contribution in [3.8, 4) is 0 Å². The highest BCUT2D eigenvalue weighted by atomic mass is 32.2. The van der Waals surface area contributed by atoms with Crippen LogP contribution in [0.15, 0.2) is 112 Å². The number of carbonyl (C=O) groups is 1. The molecule has 9 nitrogen and oxygen atoms in total. The summed E-state index contributed by atoms with van der Waals surface area (Å²) < 4.78 is 31.6. The maximum absolute atomic E-state index is 14.3. The van der Waals surface area contributed by atoms with Crippen molar-refractivity contribution in [2.24, 2.45) is 4.40 Å². The van der Waals surface area contributed by atoms with Crippen LogP contribution in [0.4, 0.5) is 17.1 Å². The number of nitro benzene ring substituents is 1. The van der Waals surface area contributed by atoms with Crippen molar-refractivity contribution in [3.05, 3.63) is 130 Å². The summed E-state index contributed by atoms with van der Waals surface area (Å²) in [5, 5.41) is 11.8. The van der Waals surface area contributed by atoms with Crippen molar-refractivity contribution >= 4 is 38.8 Å². The number of anilines is 2. The monoisotopic (exact) mass is 552 g/mol. The number of nitrogens with zero attached hydrogens (tertiary/aromatic N) is 4. The number of amides is 1. The Morgan fingerprint density at radius 1 is 0.900 bits per heavy atom. The lowest BCUT2D eigenvalue weighted by Gasteiger charge is -2.57. The number of nitro groups is 1. The van der Waals surface area contributed by atoms with Gasteiger partial charge in [0, 0.05) is 30.4 Å². The molecule has 0 saturated carbocycles. The number of aryl methyl sites for hydroxylation is 1. The highest BCUT2D eigenvalue weighted by Gasteiger charge is 2.70. The van der Waals surface area contributed by atoms with Gasteiger partial charge in [-0.1, -0.05) is 66.2 Å². The second-order valence-electron chi connectivity index (χ2n) is 9.84. The fourth-order valence-electron chi connectivity index (χ4n) is 5.70. The summed E-state index contributed by atoms with van der Waals surface area (Å²) in [6.45, 7) is 1.86. The van der Waals surface area contributed by atoms with Gasteiger partial charge in [-0.25, -0.2) is 0 Å². The van der Waals surface area contributed by atoms with Gasteiger partial charge in [0.2, 0.25) is 0 Å². The summed E-state index contributed by atoms with van der Waals surface area (Å²) in [7, 11) is -2.57. The van der Waals surface area contributed by atoms with E-state index >= 15 is 0 Å². The molecule has 40 heavy (non-hydrogen) atoms. The minimum absolute atomic E-state index is 0.0253. The number of hydrogen-bond donors (Lipinski definition) is 0. The van der Waals surface area contributed by atoms with E-state index in [1.165, 1.54) is 29.2 Å². The molecule has 0 N–H and O–H groups in total. The van der Waals surface area contributed by atoms with Crippen molar-refractivity contribution in [1.82, 2.24) is 0 Å². The Labute approximate surface area is 231 Å². The molecule has 0 bridgehead atoms. The molecular formula is C30H24N4O5S. The third-order valence-electron chi connectivity index (χ3n) is 7.53. The number of likely N-dealkylation sites (N-methyl/N-ethyl adjacent to an activating group) is 1. The van der Waals surface area contributed by atoms with Crippen LogP contribution < -0.4 is 9.80 Å². The van der Waals surface area contributed by atoms with Crippen molar-refractivity contribution in [2.45, 2.75) is 23.3 Å². The van der Waals surface area contributed by atoms with Crippen molar-refractivity contribution < 1.29 is 18.1 Å². The SMILES string of the molecule is Cc1ccc(S(=O)(=O)/N=C2\[C@H](c3ccccc3)[C@]3(C(=O)N(C)c4ccc([N+](=O)[O-])cc43)N2c2ccccc2)cc1. The average Bonchev–Trinajstić information content (AvgIpc) is 3.17. The van der Waals surface area contributed by atoms with Gasteiger partial charge in [0.25, 0.3) is 21.6 Å². The highest BCUT2D eigenvalue weighted by Crippen LogP contribution is 2.61. The predicted molar refractivity (Wildman–Crippen MR) is 152 cm³/mol. The molecule has 10 heteroatoms. The van der Waals surface area contributed by atoms with E-state index in [2.05, 4.69) is 4.40 Å². The summed E-state index contributed by atoms with van der Waals surface area (Å²) >= 11 is 0. The Morgan fingerprint density at radius 2 is 1.52 bits per heavy atom. The molecule has 6 rings (SSSR count). The smallest absolute Gasteiger partial charge is 0.283 e. The fourth-order valence-corrected chi connectivity index (χ4v) is 6.72. The van der Waals surface area contributed by atoms with Gasteiger partial charge >= 0.3 is 0 Å². The zero-order chi connectivity index (χ0) is 28.2. The third-order valence-corrected chi connectivity index (χ3v) is 8.83. The van der Waals surface area contributed by atoms with Crippen LogP contribution in [0, 0.1) is 17.0 Å². The summed E-state index contributed by atoms with van der Waals surface area (Å²) in [5.74, 6) is -1.03. The van der Waals surface area contributed by atoms with E-state index in [0.717, 1.165) is 5.56 Å². The van der Waals surface area contributed by atoms with Gasteiger partial charge in [-0.2, -0.15) is 8.42 Å². The van der Waals surface area contributed by atoms with Gasteiger partial charge in [0.05, 0.1) is 21.4 Å². The predicted octanol–water partition coefficient (Wildman–Crippen LogP) is 5.17. The summed E-state index contributed by atoms with van der Waals surface area (Å²) in [4.78, 5) is 28.8. The van der Waals surface area contributed by atoms with Gasteiger partial charge in [-0.05, 0) is 42.8 Å². The molecule has 1 fully saturated rings. The Kier molecular flexibility index (Phi) is 5.81. The molecular weight excluding hydrogens is 528 g/mol. The normalized spacial score (nSPS) is 21.0. The molecule has 4 aromatic carbocycles. The van der Waals surface area contributed by atoms with Crippen LogP contribution >= 0.6 is 0 Å². The van der Waals surface area contributed by atoms with Gasteiger partial charge in [-0.3, -0.25) is 14.9 Å². The van der Waals surface area contributed by atoms with Crippen LogP contribution in [0.2, 0.25) is 0 Å². The van der Waals surface area contributed by atoms with E-state index in [1.54, 1.807) is 66.5 Å². The van der Waals surface area contributed by atoms with Gasteiger partial charge in [-0.15, -0.1) is 4.40 Å². The average molecular weight is 553 g/mol. The second-order valence-corrected chi connectivity index (χ2v) is 11.4. The second kappa shape index (κ2) is 9.13. The zero-order valence-electron chi connectivity index (χ0n) is 21.6. The maximum atomic E-state index is 14.3. The molecule has 0 aromatic heterocycles. The Bertz CT molecular complexity index is 1740. The maximum Gasteiger partial charge on any atom is 0.283 e. The van der Waals surface area contributed by atoms with Crippen LogP contribution in [0.25, 0.3) is 0 Å². The molecule has 2 aliphatic heterocycles. The number of amidine groups is 1. The summed E-state index contributed by atoms with van der Waals surface area (Å²) in [5.41, 5.74) is 1.36. The number of hydrogen-bond acceptors (Lipinski definition) is 5. The van der Waals surface area contributed by atoms with Crippen LogP contribution in [-0.2, 0) is 20.4 Å². The topological polar surface area (TPSA) is 113 Å². The third kappa shape index (κ3) is 3.64. The Morgan fingerprint density at radius 3 is 2.15 bits per heavy atom. The molecule has 0 aliphatic carbocycles. The molecule has 1 spiro atoms. The van der Waals surface area contributed by atoms with Gasteiger partial charge < -0.3 is 9.80 Å². The van der Waals surface area contributed by atoms with Gasteiger partial charge in [0.1, 0.15) is 5.84 Å². The summed E-state index contributed by atoms with van der Waals surface area (Å²) in [6, 6.07) is 28.7. The van der Waals surface area contributed by atoms with Crippen LogP contribution in [-0.4, -0.2) is 32.1 Å². The van der Waals surface area contributed by atoms with Crippen molar-refractivity contribution in [3.63, 3.8) is 0 Å². The highest BCUT2D eigenvalue weighted by molar-refractivity contribution is 7.90. The molecule has 0 radical (unpaired) electrons. The van der Waals surface area contributed by atoms with E-state index in [9.17, 15) is 23.3 Å². The molecule has 2 aliphatic rings. The van der Waals surface area contributed by atoms with E-state index < -0.39 is 26.4 Å². The molecule has 200 valence electrons. The minimum atomic E-state index is -4.18. The van der Waals surface area contributed by atoms with E-state index in [1.807, 2.05) is 31.2 Å². The van der Waals surface area contributed by atoms with E-state index in [4.69, 9.17) is 0 Å². The fraction of sp³-hybridized carbons (Fsp3) is 0.133. The van der Waals surface area contributed by atoms with E-state index in [0.29, 0.717) is 22.5 Å². The molecule has 0 unspecified atom stereocenters. The first kappa shape index (κ1) is 25.4. The van der Waals surface area contributed by atoms with Crippen molar-refractivity contribution in [2.75, 3.05) is 16.8 Å². The molecule has 2 atom stereocenters. The number of rotatable bonds is 5. The molecule has 2 heterocycles. The molecule has 4 aromatic rings. The first-order valence-corrected chi connectivity index (χ1v) is 14.0. The Balaban J connectivity index is 1.67. The number of sulfonamides is 1. The molecule has 1 amide bonds. The lowest BCUT2D eigenvalue weighted by atomic mass is 9.65. The largest absolute Gasteiger partial charge is 0.313 e. The summed E-state index contributed by atoms with van der Waals surface area (Å²) in [6.07, 6.45) is 0. The van der Waals surface area contributed by atoms with Crippen LogP contribution in [0.3, 0.4) is 0 Å². The zero-order valence-corrected chi connectivity index (χ0v) is 22.4. The standard InChI is InChI=1S/C30H24N4O5S/c1-20-13-16-24(17-14-20)40(38,39)31-28-27(21-9-5-3-6-10-21)30(33(28)22-11-7-4-8-12-22)25-19-23(34(36)37)15-18-26(25)32(2)29(30)35/h3-19,27H,1-2H3/b31-28+/t27-,30+/m0/s1. The first-order valence-electron chi connectivity index (χ1n) is 12.5. The minimum Gasteiger partial charge on any atom is -0.313 e. The number of benzene rings is 4. The van der Waals surface area contributed by atoms with Gasteiger partial charge in [0.15, 0.2) is 5.54 Å². The van der Waals surface area contributed by atoms with Crippen molar-refractivity contribution in [1.29, 1.82) is 0 Å². The Hall–Kier alpha value is -4.83. The number of fused-ring (bicyclic) bond motifs is 2. The number of carbonyl (C=O) groups excluding carboxylic acids is 1. The quantitative estimate of drug-likeness (QED) is 0.249. The van der Waals surface area contributed by atoms with Crippen LogP contribution in [0.5, 0.6) is 0 Å².